The summed E-state index contributed by atoms with van der Waals surface area (Å²) in [4.78, 5) is 16.4. The number of aromatic hydroxyl groups is 1. The van der Waals surface area contributed by atoms with Gasteiger partial charge < -0.3 is 14.7 Å². The maximum atomic E-state index is 13.9. The first-order valence-electron chi connectivity index (χ1n) is 6.22. The summed E-state index contributed by atoms with van der Waals surface area (Å²) < 4.78 is 18.9. The number of carbonyl (C=O) groups is 1. The van der Waals surface area contributed by atoms with E-state index in [-0.39, 0.29) is 29.7 Å². The van der Waals surface area contributed by atoms with Crippen LogP contribution < -0.4 is 10.2 Å². The molecule has 110 valence electrons. The molecule has 2 N–H and O–H groups in total. The van der Waals surface area contributed by atoms with E-state index in [2.05, 4.69) is 5.48 Å². The van der Waals surface area contributed by atoms with E-state index in [9.17, 15) is 14.3 Å². The van der Waals surface area contributed by atoms with Gasteiger partial charge in [0.15, 0.2) is 5.82 Å². The van der Waals surface area contributed by atoms with Gasteiger partial charge in [-0.2, -0.15) is 0 Å². The molecule has 0 saturated heterocycles. The number of rotatable bonds is 5. The third-order valence-corrected chi connectivity index (χ3v) is 3.69. The Morgan fingerprint density at radius 3 is 2.85 bits per heavy atom. The lowest BCUT2D eigenvalue weighted by molar-refractivity contribution is -0.159. The number of nitrogens with one attached hydrogen (secondary N) is 1. The van der Waals surface area contributed by atoms with Gasteiger partial charge in [-0.15, -0.1) is 5.48 Å². The summed E-state index contributed by atoms with van der Waals surface area (Å²) in [5, 5.41) is 9.01. The molecule has 0 heterocycles. The SMILES string of the molecule is COc1cc(O)c(Cl)c(F)c1CNOC(=O)C1CCC1. The van der Waals surface area contributed by atoms with Gasteiger partial charge >= 0.3 is 5.97 Å². The van der Waals surface area contributed by atoms with Crippen molar-refractivity contribution in [1.82, 2.24) is 5.48 Å². The zero-order chi connectivity index (χ0) is 14.7. The van der Waals surface area contributed by atoms with E-state index >= 15 is 0 Å². The van der Waals surface area contributed by atoms with Crippen LogP contribution in [0.2, 0.25) is 5.02 Å². The van der Waals surface area contributed by atoms with E-state index in [0.29, 0.717) is 0 Å². The summed E-state index contributed by atoms with van der Waals surface area (Å²) in [5.41, 5.74) is 2.48. The predicted octanol–water partition coefficient (Wildman–Crippen LogP) is 2.54. The fourth-order valence-electron chi connectivity index (χ4n) is 1.88. The van der Waals surface area contributed by atoms with Crippen LogP contribution in [0.3, 0.4) is 0 Å². The Morgan fingerprint density at radius 1 is 1.60 bits per heavy atom. The number of hydrogen-bond donors (Lipinski definition) is 2. The number of hydrogen-bond acceptors (Lipinski definition) is 5. The van der Waals surface area contributed by atoms with Crippen LogP contribution in [0.25, 0.3) is 0 Å². The summed E-state index contributed by atoms with van der Waals surface area (Å²) in [7, 11) is 1.34. The topological polar surface area (TPSA) is 67.8 Å². The number of methoxy groups -OCH3 is 1. The summed E-state index contributed by atoms with van der Waals surface area (Å²) in [5.74, 6) is -1.51. The zero-order valence-electron chi connectivity index (χ0n) is 10.9. The Labute approximate surface area is 120 Å². The average Bonchev–Trinajstić information content (AvgIpc) is 2.36. The van der Waals surface area contributed by atoms with E-state index in [0.717, 1.165) is 19.3 Å². The number of benzene rings is 1. The Morgan fingerprint density at radius 2 is 2.30 bits per heavy atom. The fourth-order valence-corrected chi connectivity index (χ4v) is 2.05. The molecule has 0 spiro atoms. The number of hydroxylamine groups is 1. The summed E-state index contributed by atoms with van der Waals surface area (Å²) in [6.07, 6.45) is 2.67. The van der Waals surface area contributed by atoms with Crippen LogP contribution in [0.15, 0.2) is 6.07 Å². The van der Waals surface area contributed by atoms with Gasteiger partial charge in [0.2, 0.25) is 0 Å². The minimum absolute atomic E-state index is 0.0716. The molecule has 5 nitrogen and oxygen atoms in total. The fraction of sp³-hybridized carbons (Fsp3) is 0.462. The molecule has 0 atom stereocenters. The number of halogens is 2. The highest BCUT2D eigenvalue weighted by molar-refractivity contribution is 6.32. The van der Waals surface area contributed by atoms with Crippen molar-refractivity contribution in [3.8, 4) is 11.5 Å². The van der Waals surface area contributed by atoms with Crippen molar-refractivity contribution in [2.24, 2.45) is 5.92 Å². The van der Waals surface area contributed by atoms with E-state index in [4.69, 9.17) is 21.2 Å². The molecule has 20 heavy (non-hydrogen) atoms. The molecule has 0 aliphatic heterocycles. The smallest absolute Gasteiger partial charge is 0.327 e. The van der Waals surface area contributed by atoms with Crippen LogP contribution in [-0.4, -0.2) is 18.2 Å². The Balaban J connectivity index is 2.01. The lowest BCUT2D eigenvalue weighted by atomic mass is 9.86. The van der Waals surface area contributed by atoms with Crippen molar-refractivity contribution in [3.63, 3.8) is 0 Å². The second kappa shape index (κ2) is 6.28. The van der Waals surface area contributed by atoms with Crippen molar-refractivity contribution < 1.29 is 23.9 Å². The van der Waals surface area contributed by atoms with Gasteiger partial charge in [-0.25, -0.2) is 4.39 Å². The van der Waals surface area contributed by atoms with Gasteiger partial charge in [0, 0.05) is 11.6 Å². The number of phenols is 1. The average molecular weight is 304 g/mol. The summed E-state index contributed by atoms with van der Waals surface area (Å²) in [6.45, 7) is -0.104. The standard InChI is InChI=1S/C13H15ClFNO4/c1-19-10-5-9(17)11(14)12(15)8(10)6-16-20-13(18)7-3-2-4-7/h5,7,16-17H,2-4,6H2,1H3. The van der Waals surface area contributed by atoms with Crippen molar-refractivity contribution in [3.05, 3.63) is 22.5 Å². The minimum atomic E-state index is -0.810. The highest BCUT2D eigenvalue weighted by atomic mass is 35.5. The molecule has 0 amide bonds. The van der Waals surface area contributed by atoms with Crippen molar-refractivity contribution in [2.45, 2.75) is 25.8 Å². The number of ether oxygens (including phenoxy) is 1. The molecule has 1 fully saturated rings. The van der Waals surface area contributed by atoms with Crippen molar-refractivity contribution in [2.75, 3.05) is 7.11 Å². The van der Waals surface area contributed by atoms with Crippen LogP contribution in [0.1, 0.15) is 24.8 Å². The number of phenolic OH excluding ortho intramolecular Hbond substituents is 1. The van der Waals surface area contributed by atoms with Crippen LogP contribution in [0, 0.1) is 11.7 Å². The van der Waals surface area contributed by atoms with Gasteiger partial charge in [-0.3, -0.25) is 4.79 Å². The monoisotopic (exact) mass is 303 g/mol. The lowest BCUT2D eigenvalue weighted by Crippen LogP contribution is -2.29. The lowest BCUT2D eigenvalue weighted by Gasteiger charge is -2.22. The van der Waals surface area contributed by atoms with Gasteiger partial charge in [0.05, 0.1) is 19.6 Å². The third kappa shape index (κ3) is 2.96. The van der Waals surface area contributed by atoms with Crippen LogP contribution in [0.5, 0.6) is 11.5 Å². The molecule has 0 radical (unpaired) electrons. The van der Waals surface area contributed by atoms with Crippen LogP contribution in [-0.2, 0) is 16.2 Å². The Bertz CT molecular complexity index is 520. The molecule has 0 aromatic heterocycles. The van der Waals surface area contributed by atoms with E-state index in [1.165, 1.54) is 13.2 Å². The molecular formula is C13H15ClFNO4. The molecule has 1 aliphatic rings. The molecule has 0 unspecified atom stereocenters. The first-order chi connectivity index (χ1) is 9.54. The first-order valence-corrected chi connectivity index (χ1v) is 6.59. The van der Waals surface area contributed by atoms with E-state index in [1.54, 1.807) is 0 Å². The van der Waals surface area contributed by atoms with Crippen molar-refractivity contribution in [1.29, 1.82) is 0 Å². The molecule has 1 aromatic carbocycles. The number of carbonyl (C=O) groups excluding carboxylic acids is 1. The summed E-state index contributed by atoms with van der Waals surface area (Å²) >= 11 is 5.62. The maximum Gasteiger partial charge on any atom is 0.327 e. The van der Waals surface area contributed by atoms with E-state index in [1.807, 2.05) is 0 Å². The van der Waals surface area contributed by atoms with E-state index < -0.39 is 16.6 Å². The molecular weight excluding hydrogens is 289 g/mol. The van der Waals surface area contributed by atoms with Gasteiger partial charge in [0.25, 0.3) is 0 Å². The highest BCUT2D eigenvalue weighted by Gasteiger charge is 2.27. The summed E-state index contributed by atoms with van der Waals surface area (Å²) in [6, 6.07) is 1.20. The molecule has 1 aliphatic carbocycles. The Hall–Kier alpha value is -1.53. The second-order valence-electron chi connectivity index (χ2n) is 4.57. The second-order valence-corrected chi connectivity index (χ2v) is 4.95. The quantitative estimate of drug-likeness (QED) is 0.818. The van der Waals surface area contributed by atoms with Crippen molar-refractivity contribution >= 4 is 17.6 Å². The maximum absolute atomic E-state index is 13.9. The van der Waals surface area contributed by atoms with Gasteiger partial charge in [0.1, 0.15) is 16.5 Å². The normalized spacial score (nSPS) is 14.8. The minimum Gasteiger partial charge on any atom is -0.506 e. The zero-order valence-corrected chi connectivity index (χ0v) is 11.7. The molecule has 2 rings (SSSR count). The Kier molecular flexibility index (Phi) is 4.67. The highest BCUT2D eigenvalue weighted by Crippen LogP contribution is 2.35. The molecule has 7 heteroatoms. The largest absolute Gasteiger partial charge is 0.506 e. The van der Waals surface area contributed by atoms with Crippen LogP contribution >= 0.6 is 11.6 Å². The van der Waals surface area contributed by atoms with Gasteiger partial charge in [-0.05, 0) is 12.8 Å². The third-order valence-electron chi connectivity index (χ3n) is 3.33. The predicted molar refractivity (Wildman–Crippen MR) is 69.9 cm³/mol. The molecule has 1 saturated carbocycles. The van der Waals surface area contributed by atoms with Crippen LogP contribution in [0.4, 0.5) is 4.39 Å². The molecule has 1 aromatic rings. The first kappa shape index (κ1) is 14.9. The molecule has 0 bridgehead atoms. The van der Waals surface area contributed by atoms with Gasteiger partial charge in [-0.1, -0.05) is 18.0 Å².